The first kappa shape index (κ1) is 11.7. The van der Waals surface area contributed by atoms with Crippen LogP contribution in [0.25, 0.3) is 0 Å². The molecule has 0 aliphatic carbocycles. The molecule has 2 rings (SSSR count). The maximum Gasteiger partial charge on any atom is 0.272 e. The molecule has 88 valence electrons. The Kier molecular flexibility index (Phi) is 3.46. The highest BCUT2D eigenvalue weighted by molar-refractivity contribution is 7.11. The summed E-state index contributed by atoms with van der Waals surface area (Å²) in [6.07, 6.45) is 2.25. The molecule has 17 heavy (non-hydrogen) atoms. The van der Waals surface area contributed by atoms with Crippen LogP contribution in [-0.2, 0) is 13.0 Å². The van der Waals surface area contributed by atoms with Gasteiger partial charge >= 0.3 is 0 Å². The molecular weight excluding hydrogens is 238 g/mol. The summed E-state index contributed by atoms with van der Waals surface area (Å²) in [4.78, 5) is 15.6. The summed E-state index contributed by atoms with van der Waals surface area (Å²) < 4.78 is 0. The number of aromatic nitrogens is 1. The van der Waals surface area contributed by atoms with Crippen molar-refractivity contribution in [2.24, 2.45) is 5.73 Å². The van der Waals surface area contributed by atoms with Crippen LogP contribution in [0.3, 0.4) is 0 Å². The summed E-state index contributed by atoms with van der Waals surface area (Å²) in [5.74, 6) is 0. The van der Waals surface area contributed by atoms with E-state index in [0.717, 1.165) is 9.88 Å². The van der Waals surface area contributed by atoms with Gasteiger partial charge in [0, 0.05) is 35.7 Å². The molecule has 0 unspecified atom stereocenters. The summed E-state index contributed by atoms with van der Waals surface area (Å²) in [5.41, 5.74) is 6.32. The lowest BCUT2D eigenvalue weighted by atomic mass is 10.1. The van der Waals surface area contributed by atoms with Gasteiger partial charge in [-0.15, -0.1) is 11.3 Å². The molecule has 0 amide bonds. The van der Waals surface area contributed by atoms with E-state index in [9.17, 15) is 10.1 Å². The van der Waals surface area contributed by atoms with E-state index >= 15 is 0 Å². The predicted molar refractivity (Wildman–Crippen MR) is 65.9 cm³/mol. The normalized spacial score (nSPS) is 10.4. The van der Waals surface area contributed by atoms with Crippen molar-refractivity contribution in [1.29, 1.82) is 0 Å². The van der Waals surface area contributed by atoms with E-state index in [-0.39, 0.29) is 10.6 Å². The van der Waals surface area contributed by atoms with Crippen molar-refractivity contribution in [3.05, 3.63) is 56.0 Å². The largest absolute Gasteiger partial charge is 0.325 e. The van der Waals surface area contributed by atoms with Gasteiger partial charge in [0.05, 0.1) is 4.92 Å². The first-order chi connectivity index (χ1) is 8.20. The maximum atomic E-state index is 10.8. The Morgan fingerprint density at radius 3 is 2.82 bits per heavy atom. The Labute approximate surface area is 102 Å². The highest BCUT2D eigenvalue weighted by Crippen LogP contribution is 2.23. The smallest absolute Gasteiger partial charge is 0.272 e. The van der Waals surface area contributed by atoms with Gasteiger partial charge < -0.3 is 5.73 Å². The van der Waals surface area contributed by atoms with Crippen molar-refractivity contribution < 1.29 is 4.92 Å². The number of para-hydroxylation sites is 1. The molecule has 1 aromatic heterocycles. The molecule has 1 aromatic carbocycles. The quantitative estimate of drug-likeness (QED) is 0.664. The summed E-state index contributed by atoms with van der Waals surface area (Å²) >= 11 is 1.49. The van der Waals surface area contributed by atoms with Crippen molar-refractivity contribution >= 4 is 17.0 Å². The van der Waals surface area contributed by atoms with Crippen LogP contribution in [-0.4, -0.2) is 9.91 Å². The summed E-state index contributed by atoms with van der Waals surface area (Å²) in [6, 6.07) is 6.74. The Hall–Kier alpha value is -1.79. The average molecular weight is 249 g/mol. The minimum Gasteiger partial charge on any atom is -0.325 e. The van der Waals surface area contributed by atoms with E-state index in [0.29, 0.717) is 18.5 Å². The first-order valence-corrected chi connectivity index (χ1v) is 5.88. The van der Waals surface area contributed by atoms with Gasteiger partial charge in [0.15, 0.2) is 0 Å². The standard InChI is InChI=1S/C11H11N3O2S/c12-6-11-13-7-9(17-11)5-8-3-1-2-4-10(8)14(15)16/h1-4,7H,5-6,12H2. The van der Waals surface area contributed by atoms with Crippen LogP contribution in [0.4, 0.5) is 5.69 Å². The van der Waals surface area contributed by atoms with Crippen LogP contribution in [0.2, 0.25) is 0 Å². The molecule has 2 N–H and O–H groups in total. The summed E-state index contributed by atoms with van der Waals surface area (Å²) in [5, 5.41) is 11.7. The second kappa shape index (κ2) is 5.03. The molecular formula is C11H11N3O2S. The third-order valence-corrected chi connectivity index (χ3v) is 3.35. The predicted octanol–water partition coefficient (Wildman–Crippen LogP) is 2.10. The van der Waals surface area contributed by atoms with Gasteiger partial charge in [-0.1, -0.05) is 18.2 Å². The number of nitrogens with two attached hydrogens (primary N) is 1. The Bertz CT molecular complexity index is 539. The van der Waals surface area contributed by atoms with Crippen LogP contribution >= 0.6 is 11.3 Å². The average Bonchev–Trinajstić information content (AvgIpc) is 2.77. The zero-order chi connectivity index (χ0) is 12.3. The van der Waals surface area contributed by atoms with Gasteiger partial charge in [0.2, 0.25) is 0 Å². The second-order valence-corrected chi connectivity index (χ2v) is 4.69. The van der Waals surface area contributed by atoms with E-state index in [2.05, 4.69) is 4.98 Å². The third kappa shape index (κ3) is 2.66. The van der Waals surface area contributed by atoms with Crippen LogP contribution in [0, 0.1) is 10.1 Å². The van der Waals surface area contributed by atoms with Gasteiger partial charge in [-0.3, -0.25) is 10.1 Å². The Balaban J connectivity index is 2.26. The van der Waals surface area contributed by atoms with Gasteiger partial charge in [-0.2, -0.15) is 0 Å². The molecule has 5 nitrogen and oxygen atoms in total. The van der Waals surface area contributed by atoms with Crippen molar-refractivity contribution in [1.82, 2.24) is 4.98 Å². The molecule has 2 aromatic rings. The molecule has 0 bridgehead atoms. The number of hydrogen-bond acceptors (Lipinski definition) is 5. The minimum absolute atomic E-state index is 0.148. The molecule has 0 saturated carbocycles. The van der Waals surface area contributed by atoms with E-state index in [1.54, 1.807) is 24.4 Å². The second-order valence-electron chi connectivity index (χ2n) is 3.49. The van der Waals surface area contributed by atoms with Crippen LogP contribution in [0.1, 0.15) is 15.4 Å². The summed E-state index contributed by atoms with van der Waals surface area (Å²) in [6.45, 7) is 0.404. The number of thiazole rings is 1. The Morgan fingerprint density at radius 2 is 2.18 bits per heavy atom. The zero-order valence-corrected chi connectivity index (χ0v) is 9.81. The molecule has 0 aliphatic heterocycles. The molecule has 0 fully saturated rings. The number of nitro groups is 1. The number of nitrogens with zero attached hydrogens (tertiary/aromatic N) is 2. The van der Waals surface area contributed by atoms with Crippen molar-refractivity contribution in [2.75, 3.05) is 0 Å². The first-order valence-electron chi connectivity index (χ1n) is 5.06. The van der Waals surface area contributed by atoms with Crippen molar-refractivity contribution in [2.45, 2.75) is 13.0 Å². The molecule has 6 heteroatoms. The maximum absolute atomic E-state index is 10.8. The lowest BCUT2D eigenvalue weighted by Crippen LogP contribution is -1.95. The van der Waals surface area contributed by atoms with Crippen LogP contribution in [0.15, 0.2) is 30.5 Å². The van der Waals surface area contributed by atoms with Crippen LogP contribution < -0.4 is 5.73 Å². The SMILES string of the molecule is NCc1ncc(Cc2ccccc2[N+](=O)[O-])s1. The topological polar surface area (TPSA) is 82.0 Å². The van der Waals surface area contributed by atoms with Gasteiger partial charge in [-0.25, -0.2) is 4.98 Å². The molecule has 0 aliphatic rings. The lowest BCUT2D eigenvalue weighted by molar-refractivity contribution is -0.385. The van der Waals surface area contributed by atoms with E-state index in [4.69, 9.17) is 5.73 Å². The van der Waals surface area contributed by atoms with E-state index < -0.39 is 0 Å². The molecule has 1 heterocycles. The monoisotopic (exact) mass is 249 g/mol. The Morgan fingerprint density at radius 1 is 1.41 bits per heavy atom. The number of hydrogen-bond donors (Lipinski definition) is 1. The fraction of sp³-hybridized carbons (Fsp3) is 0.182. The van der Waals surface area contributed by atoms with Crippen LogP contribution in [0.5, 0.6) is 0 Å². The zero-order valence-electron chi connectivity index (χ0n) is 9.00. The van der Waals surface area contributed by atoms with Crippen molar-refractivity contribution in [3.63, 3.8) is 0 Å². The number of rotatable bonds is 4. The molecule has 0 spiro atoms. The minimum atomic E-state index is -0.361. The number of benzene rings is 1. The van der Waals surface area contributed by atoms with Gasteiger partial charge in [0.1, 0.15) is 5.01 Å². The molecule has 0 radical (unpaired) electrons. The summed E-state index contributed by atoms with van der Waals surface area (Å²) in [7, 11) is 0. The fourth-order valence-corrected chi connectivity index (χ4v) is 2.37. The van der Waals surface area contributed by atoms with Gasteiger partial charge in [-0.05, 0) is 0 Å². The highest BCUT2D eigenvalue weighted by atomic mass is 32.1. The van der Waals surface area contributed by atoms with Gasteiger partial charge in [0.25, 0.3) is 5.69 Å². The lowest BCUT2D eigenvalue weighted by Gasteiger charge is -1.99. The van der Waals surface area contributed by atoms with Crippen molar-refractivity contribution in [3.8, 4) is 0 Å². The molecule has 0 atom stereocenters. The third-order valence-electron chi connectivity index (χ3n) is 2.33. The fourth-order valence-electron chi connectivity index (χ4n) is 1.55. The van der Waals surface area contributed by atoms with E-state index in [1.165, 1.54) is 17.4 Å². The van der Waals surface area contributed by atoms with E-state index in [1.807, 2.05) is 0 Å². The highest BCUT2D eigenvalue weighted by Gasteiger charge is 2.13. The molecule has 0 saturated heterocycles. The number of nitro benzene ring substituents is 1.